The predicted molar refractivity (Wildman–Crippen MR) is 84.8 cm³/mol. The molecule has 1 aromatic carbocycles. The molecule has 5 heteroatoms. The summed E-state index contributed by atoms with van der Waals surface area (Å²) in [6, 6.07) is 8.09. The fourth-order valence-corrected chi connectivity index (χ4v) is 2.33. The third-order valence-corrected chi connectivity index (χ3v) is 3.41. The van der Waals surface area contributed by atoms with E-state index in [-0.39, 0.29) is 0 Å². The molecule has 1 aliphatic heterocycles. The van der Waals surface area contributed by atoms with E-state index in [0.717, 1.165) is 37.7 Å². The highest BCUT2D eigenvalue weighted by atomic mass is 16.5. The lowest BCUT2D eigenvalue weighted by atomic mass is 10.2. The van der Waals surface area contributed by atoms with Crippen molar-refractivity contribution in [3.8, 4) is 5.75 Å². The van der Waals surface area contributed by atoms with E-state index in [2.05, 4.69) is 21.7 Å². The second kappa shape index (κ2) is 8.52. The SMILES string of the molecule is CCOc1cccc(CNC(=NC)NCC2CCCO2)c1. The zero-order valence-electron chi connectivity index (χ0n) is 12.9. The van der Waals surface area contributed by atoms with Gasteiger partial charge in [0.25, 0.3) is 0 Å². The van der Waals surface area contributed by atoms with Gasteiger partial charge in [-0.15, -0.1) is 0 Å². The first-order valence-electron chi connectivity index (χ1n) is 7.59. The van der Waals surface area contributed by atoms with Crippen molar-refractivity contribution >= 4 is 5.96 Å². The number of nitrogens with one attached hydrogen (secondary N) is 2. The van der Waals surface area contributed by atoms with Crippen molar-refractivity contribution in [2.24, 2.45) is 4.99 Å². The predicted octanol–water partition coefficient (Wildman–Crippen LogP) is 1.93. The number of aliphatic imine (C=N–C) groups is 1. The van der Waals surface area contributed by atoms with Gasteiger partial charge in [0, 0.05) is 26.7 Å². The zero-order chi connectivity index (χ0) is 14.9. The molecule has 0 amide bonds. The van der Waals surface area contributed by atoms with Gasteiger partial charge in [0.1, 0.15) is 5.75 Å². The smallest absolute Gasteiger partial charge is 0.191 e. The molecule has 2 N–H and O–H groups in total. The highest BCUT2D eigenvalue weighted by Gasteiger charge is 2.15. The molecule has 1 atom stereocenters. The maximum Gasteiger partial charge on any atom is 0.191 e. The van der Waals surface area contributed by atoms with Crippen LogP contribution in [0.25, 0.3) is 0 Å². The molecular formula is C16H25N3O2. The van der Waals surface area contributed by atoms with Gasteiger partial charge in [-0.2, -0.15) is 0 Å². The quantitative estimate of drug-likeness (QED) is 0.621. The van der Waals surface area contributed by atoms with E-state index >= 15 is 0 Å². The van der Waals surface area contributed by atoms with Gasteiger partial charge in [-0.3, -0.25) is 4.99 Å². The Balaban J connectivity index is 1.78. The van der Waals surface area contributed by atoms with E-state index < -0.39 is 0 Å². The highest BCUT2D eigenvalue weighted by Crippen LogP contribution is 2.13. The topological polar surface area (TPSA) is 54.9 Å². The minimum Gasteiger partial charge on any atom is -0.494 e. The first-order chi connectivity index (χ1) is 10.3. The van der Waals surface area contributed by atoms with E-state index in [1.807, 2.05) is 25.1 Å². The van der Waals surface area contributed by atoms with Crippen molar-refractivity contribution in [2.45, 2.75) is 32.4 Å². The van der Waals surface area contributed by atoms with Crippen LogP contribution in [0.1, 0.15) is 25.3 Å². The molecule has 1 unspecified atom stereocenters. The molecule has 0 saturated carbocycles. The lowest BCUT2D eigenvalue weighted by Gasteiger charge is -2.15. The number of rotatable bonds is 6. The van der Waals surface area contributed by atoms with Crippen molar-refractivity contribution in [3.05, 3.63) is 29.8 Å². The Morgan fingerprint density at radius 1 is 1.43 bits per heavy atom. The van der Waals surface area contributed by atoms with Crippen LogP contribution in [0.2, 0.25) is 0 Å². The molecular weight excluding hydrogens is 266 g/mol. The van der Waals surface area contributed by atoms with E-state index in [4.69, 9.17) is 9.47 Å². The Hall–Kier alpha value is -1.75. The highest BCUT2D eigenvalue weighted by molar-refractivity contribution is 5.79. The monoisotopic (exact) mass is 291 g/mol. The molecule has 0 radical (unpaired) electrons. The molecule has 0 aromatic heterocycles. The number of hydrogen-bond acceptors (Lipinski definition) is 3. The summed E-state index contributed by atoms with van der Waals surface area (Å²) in [5, 5.41) is 6.61. The van der Waals surface area contributed by atoms with Gasteiger partial charge in [0.15, 0.2) is 5.96 Å². The summed E-state index contributed by atoms with van der Waals surface area (Å²) in [5.74, 6) is 1.70. The van der Waals surface area contributed by atoms with Gasteiger partial charge in [-0.25, -0.2) is 0 Å². The Morgan fingerprint density at radius 2 is 2.33 bits per heavy atom. The summed E-state index contributed by atoms with van der Waals surface area (Å²) in [6.07, 6.45) is 2.59. The molecule has 1 fully saturated rings. The Morgan fingerprint density at radius 3 is 3.05 bits per heavy atom. The average Bonchev–Trinajstić information content (AvgIpc) is 3.01. The van der Waals surface area contributed by atoms with Gasteiger partial charge in [0.05, 0.1) is 12.7 Å². The number of hydrogen-bond donors (Lipinski definition) is 2. The Kier molecular flexibility index (Phi) is 6.34. The van der Waals surface area contributed by atoms with Crippen LogP contribution < -0.4 is 15.4 Å². The van der Waals surface area contributed by atoms with E-state index in [1.54, 1.807) is 7.05 Å². The van der Waals surface area contributed by atoms with E-state index in [9.17, 15) is 0 Å². The average molecular weight is 291 g/mol. The van der Waals surface area contributed by atoms with Crippen LogP contribution in [0, 0.1) is 0 Å². The van der Waals surface area contributed by atoms with Gasteiger partial charge in [-0.05, 0) is 37.5 Å². The Bertz CT molecular complexity index is 457. The van der Waals surface area contributed by atoms with Crippen LogP contribution in [0.15, 0.2) is 29.3 Å². The fourth-order valence-electron chi connectivity index (χ4n) is 2.33. The van der Waals surface area contributed by atoms with Crippen LogP contribution in [-0.4, -0.2) is 38.9 Å². The first-order valence-corrected chi connectivity index (χ1v) is 7.59. The van der Waals surface area contributed by atoms with E-state index in [0.29, 0.717) is 19.3 Å². The normalized spacial score (nSPS) is 18.6. The molecule has 21 heavy (non-hydrogen) atoms. The number of guanidine groups is 1. The maximum atomic E-state index is 5.59. The lowest BCUT2D eigenvalue weighted by Crippen LogP contribution is -2.40. The van der Waals surface area contributed by atoms with Crippen LogP contribution in [-0.2, 0) is 11.3 Å². The number of benzene rings is 1. The molecule has 1 heterocycles. The molecule has 0 bridgehead atoms. The van der Waals surface area contributed by atoms with Crippen molar-refractivity contribution in [3.63, 3.8) is 0 Å². The fraction of sp³-hybridized carbons (Fsp3) is 0.562. The molecule has 1 saturated heterocycles. The molecule has 116 valence electrons. The largest absolute Gasteiger partial charge is 0.494 e. The zero-order valence-corrected chi connectivity index (χ0v) is 12.9. The standard InChI is InChI=1S/C16H25N3O2/c1-3-20-14-7-4-6-13(10-14)11-18-16(17-2)19-12-15-8-5-9-21-15/h4,6-7,10,15H,3,5,8-9,11-12H2,1-2H3,(H2,17,18,19). The molecule has 1 aromatic rings. The summed E-state index contributed by atoms with van der Waals surface area (Å²) in [4.78, 5) is 4.23. The van der Waals surface area contributed by atoms with Crippen molar-refractivity contribution in [1.82, 2.24) is 10.6 Å². The van der Waals surface area contributed by atoms with Crippen LogP contribution >= 0.6 is 0 Å². The van der Waals surface area contributed by atoms with Gasteiger partial charge >= 0.3 is 0 Å². The third kappa shape index (κ3) is 5.27. The van der Waals surface area contributed by atoms with Crippen LogP contribution in [0.5, 0.6) is 5.75 Å². The van der Waals surface area contributed by atoms with Crippen molar-refractivity contribution in [2.75, 3.05) is 26.8 Å². The minimum absolute atomic E-state index is 0.310. The third-order valence-electron chi connectivity index (χ3n) is 3.41. The maximum absolute atomic E-state index is 5.59. The van der Waals surface area contributed by atoms with E-state index in [1.165, 1.54) is 5.56 Å². The Labute approximate surface area is 126 Å². The summed E-state index contributed by atoms with van der Waals surface area (Å²) >= 11 is 0. The number of ether oxygens (including phenoxy) is 2. The molecule has 1 aliphatic rings. The van der Waals surface area contributed by atoms with Crippen LogP contribution in [0.3, 0.4) is 0 Å². The second-order valence-electron chi connectivity index (χ2n) is 5.02. The van der Waals surface area contributed by atoms with Crippen LogP contribution in [0.4, 0.5) is 0 Å². The molecule has 5 nitrogen and oxygen atoms in total. The molecule has 2 rings (SSSR count). The van der Waals surface area contributed by atoms with Crippen molar-refractivity contribution in [1.29, 1.82) is 0 Å². The molecule has 0 spiro atoms. The first kappa shape index (κ1) is 15.6. The number of nitrogens with zero attached hydrogens (tertiary/aromatic N) is 1. The summed E-state index contributed by atoms with van der Waals surface area (Å²) < 4.78 is 11.1. The minimum atomic E-state index is 0.310. The molecule has 0 aliphatic carbocycles. The van der Waals surface area contributed by atoms with Crippen molar-refractivity contribution < 1.29 is 9.47 Å². The van der Waals surface area contributed by atoms with Gasteiger partial charge < -0.3 is 20.1 Å². The summed E-state index contributed by atoms with van der Waals surface area (Å²) in [7, 11) is 1.78. The summed E-state index contributed by atoms with van der Waals surface area (Å²) in [5.41, 5.74) is 1.17. The lowest BCUT2D eigenvalue weighted by molar-refractivity contribution is 0.114. The summed E-state index contributed by atoms with van der Waals surface area (Å²) in [6.45, 7) is 5.07. The second-order valence-corrected chi connectivity index (χ2v) is 5.02. The van der Waals surface area contributed by atoms with Gasteiger partial charge in [-0.1, -0.05) is 12.1 Å². The van der Waals surface area contributed by atoms with Gasteiger partial charge in [0.2, 0.25) is 0 Å².